The highest BCUT2D eigenvalue weighted by Crippen LogP contribution is 2.22. The monoisotopic (exact) mass is 307 g/mol. The van der Waals surface area contributed by atoms with Gasteiger partial charge in [-0.15, -0.1) is 5.10 Å². The number of carbonyl (C=O) groups is 1. The van der Waals surface area contributed by atoms with Gasteiger partial charge in [0.1, 0.15) is 5.69 Å². The maximum absolute atomic E-state index is 11.1. The molecular weight excluding hydrogens is 290 g/mol. The number of hydrogen-bond donors (Lipinski definition) is 1. The summed E-state index contributed by atoms with van der Waals surface area (Å²) in [6.45, 7) is 6.04. The van der Waals surface area contributed by atoms with E-state index in [9.17, 15) is 4.79 Å². The second-order valence-corrected chi connectivity index (χ2v) is 5.65. The molecule has 0 saturated carbocycles. The second kappa shape index (κ2) is 5.68. The van der Waals surface area contributed by atoms with Crippen LogP contribution >= 0.6 is 0 Å². The van der Waals surface area contributed by atoms with Crippen molar-refractivity contribution in [3.8, 4) is 16.9 Å². The van der Waals surface area contributed by atoms with Crippen molar-refractivity contribution in [2.24, 2.45) is 0 Å². The number of aromatic nitrogens is 3. The lowest BCUT2D eigenvalue weighted by Crippen LogP contribution is -2.02. The quantitative estimate of drug-likeness (QED) is 0.803. The van der Waals surface area contributed by atoms with Crippen LogP contribution in [-0.4, -0.2) is 26.1 Å². The van der Waals surface area contributed by atoms with Gasteiger partial charge in [-0.05, 0) is 55.7 Å². The normalized spacial score (nSPS) is 10.7. The average molecular weight is 307 g/mol. The van der Waals surface area contributed by atoms with Gasteiger partial charge < -0.3 is 5.11 Å². The Hall–Kier alpha value is -2.95. The lowest BCUT2D eigenvalue weighted by molar-refractivity contribution is 0.0697. The van der Waals surface area contributed by atoms with Crippen molar-refractivity contribution in [3.63, 3.8) is 0 Å². The first-order valence-electron chi connectivity index (χ1n) is 7.30. The zero-order chi connectivity index (χ0) is 16.6. The van der Waals surface area contributed by atoms with Gasteiger partial charge in [-0.3, -0.25) is 0 Å². The standard InChI is InChI=1S/C18H17N3O2/c1-11-4-6-14(8-13(11)3)16-10-21(20-19-16)17-9-15(18(22)23)7-5-12(17)2/h4-10H,1-3H3,(H,22,23). The summed E-state index contributed by atoms with van der Waals surface area (Å²) in [5.41, 5.74) is 6.06. The molecular formula is C18H17N3O2. The highest BCUT2D eigenvalue weighted by molar-refractivity contribution is 5.88. The number of aromatic carboxylic acids is 1. The molecule has 5 heteroatoms. The van der Waals surface area contributed by atoms with Gasteiger partial charge in [0.25, 0.3) is 0 Å². The molecule has 0 amide bonds. The Balaban J connectivity index is 2.03. The van der Waals surface area contributed by atoms with Crippen LogP contribution in [0.2, 0.25) is 0 Å². The first kappa shape index (κ1) is 15.0. The van der Waals surface area contributed by atoms with E-state index in [1.165, 1.54) is 11.1 Å². The molecule has 0 saturated heterocycles. The molecule has 23 heavy (non-hydrogen) atoms. The van der Waals surface area contributed by atoms with Crippen LogP contribution in [-0.2, 0) is 0 Å². The Morgan fingerprint density at radius 1 is 1.00 bits per heavy atom. The van der Waals surface area contributed by atoms with E-state index in [-0.39, 0.29) is 5.56 Å². The van der Waals surface area contributed by atoms with Gasteiger partial charge in [-0.1, -0.05) is 23.4 Å². The fraction of sp³-hybridized carbons (Fsp3) is 0.167. The third-order valence-electron chi connectivity index (χ3n) is 4.00. The number of benzene rings is 2. The van der Waals surface area contributed by atoms with Gasteiger partial charge in [0.05, 0.1) is 17.4 Å². The van der Waals surface area contributed by atoms with Crippen LogP contribution in [0.3, 0.4) is 0 Å². The molecule has 1 aromatic heterocycles. The topological polar surface area (TPSA) is 68.0 Å². The third-order valence-corrected chi connectivity index (χ3v) is 4.00. The summed E-state index contributed by atoms with van der Waals surface area (Å²) in [4.78, 5) is 11.1. The van der Waals surface area contributed by atoms with Gasteiger partial charge in [0.2, 0.25) is 0 Å². The summed E-state index contributed by atoms with van der Waals surface area (Å²) >= 11 is 0. The van der Waals surface area contributed by atoms with Crippen molar-refractivity contribution in [1.29, 1.82) is 0 Å². The lowest BCUT2D eigenvalue weighted by atomic mass is 10.0. The summed E-state index contributed by atoms with van der Waals surface area (Å²) in [5.74, 6) is -0.958. The number of carboxylic acid groups (broad SMARTS) is 1. The van der Waals surface area contributed by atoms with Crippen LogP contribution in [0.25, 0.3) is 16.9 Å². The van der Waals surface area contributed by atoms with Crippen LogP contribution in [0.1, 0.15) is 27.0 Å². The highest BCUT2D eigenvalue weighted by atomic mass is 16.4. The molecule has 3 rings (SSSR count). The molecule has 5 nitrogen and oxygen atoms in total. The van der Waals surface area contributed by atoms with E-state index in [0.29, 0.717) is 5.69 Å². The largest absolute Gasteiger partial charge is 0.478 e. The Labute approximate surface area is 134 Å². The van der Waals surface area contributed by atoms with Gasteiger partial charge in [-0.25, -0.2) is 9.48 Å². The Morgan fingerprint density at radius 2 is 1.74 bits per heavy atom. The second-order valence-electron chi connectivity index (χ2n) is 5.65. The van der Waals surface area contributed by atoms with Gasteiger partial charge in [-0.2, -0.15) is 0 Å². The zero-order valence-corrected chi connectivity index (χ0v) is 13.2. The number of rotatable bonds is 3. The van der Waals surface area contributed by atoms with Crippen molar-refractivity contribution in [2.45, 2.75) is 20.8 Å². The van der Waals surface area contributed by atoms with E-state index >= 15 is 0 Å². The van der Waals surface area contributed by atoms with E-state index in [0.717, 1.165) is 16.8 Å². The third kappa shape index (κ3) is 2.85. The predicted molar refractivity (Wildman–Crippen MR) is 88.0 cm³/mol. The SMILES string of the molecule is Cc1ccc(-c2cn(-c3cc(C(=O)O)ccc3C)nn2)cc1C. The lowest BCUT2D eigenvalue weighted by Gasteiger charge is -2.06. The van der Waals surface area contributed by atoms with Gasteiger partial charge in [0.15, 0.2) is 0 Å². The van der Waals surface area contributed by atoms with Crippen LogP contribution in [0.5, 0.6) is 0 Å². The smallest absolute Gasteiger partial charge is 0.335 e. The van der Waals surface area contributed by atoms with Crippen molar-refractivity contribution >= 4 is 5.97 Å². The summed E-state index contributed by atoms with van der Waals surface area (Å²) in [6.07, 6.45) is 1.82. The molecule has 116 valence electrons. The molecule has 0 radical (unpaired) electrons. The molecule has 0 aliphatic heterocycles. The number of carboxylic acids is 1. The molecule has 0 unspecified atom stereocenters. The van der Waals surface area contributed by atoms with E-state index < -0.39 is 5.97 Å². The minimum absolute atomic E-state index is 0.230. The van der Waals surface area contributed by atoms with Gasteiger partial charge in [0, 0.05) is 5.56 Å². The zero-order valence-electron chi connectivity index (χ0n) is 13.2. The molecule has 3 aromatic rings. The van der Waals surface area contributed by atoms with E-state index in [1.54, 1.807) is 22.9 Å². The van der Waals surface area contributed by atoms with Crippen molar-refractivity contribution in [1.82, 2.24) is 15.0 Å². The van der Waals surface area contributed by atoms with Crippen molar-refractivity contribution in [3.05, 3.63) is 64.8 Å². The van der Waals surface area contributed by atoms with Crippen molar-refractivity contribution < 1.29 is 9.90 Å². The Morgan fingerprint density at radius 3 is 2.43 bits per heavy atom. The number of nitrogens with zero attached hydrogens (tertiary/aromatic N) is 3. The summed E-state index contributed by atoms with van der Waals surface area (Å²) in [7, 11) is 0. The first-order chi connectivity index (χ1) is 11.0. The van der Waals surface area contributed by atoms with Crippen LogP contribution < -0.4 is 0 Å². The highest BCUT2D eigenvalue weighted by Gasteiger charge is 2.11. The summed E-state index contributed by atoms with van der Waals surface area (Å²) in [6, 6.07) is 11.1. The molecule has 0 atom stereocenters. The van der Waals surface area contributed by atoms with Crippen molar-refractivity contribution in [2.75, 3.05) is 0 Å². The van der Waals surface area contributed by atoms with Crippen LogP contribution in [0.4, 0.5) is 0 Å². The fourth-order valence-electron chi connectivity index (χ4n) is 2.40. The number of aryl methyl sites for hydroxylation is 3. The number of hydrogen-bond acceptors (Lipinski definition) is 3. The van der Waals surface area contributed by atoms with Gasteiger partial charge >= 0.3 is 5.97 Å². The van der Waals surface area contributed by atoms with Crippen LogP contribution in [0, 0.1) is 20.8 Å². The minimum Gasteiger partial charge on any atom is -0.478 e. The molecule has 0 fully saturated rings. The molecule has 0 aliphatic rings. The first-order valence-corrected chi connectivity index (χ1v) is 7.30. The molecule has 0 aliphatic carbocycles. The molecule has 0 bridgehead atoms. The molecule has 1 heterocycles. The maximum Gasteiger partial charge on any atom is 0.335 e. The Bertz CT molecular complexity index is 897. The minimum atomic E-state index is -0.958. The molecule has 2 aromatic carbocycles. The molecule has 1 N–H and O–H groups in total. The summed E-state index contributed by atoms with van der Waals surface area (Å²) < 4.78 is 1.62. The summed E-state index contributed by atoms with van der Waals surface area (Å²) in [5, 5.41) is 17.5. The van der Waals surface area contributed by atoms with E-state index in [2.05, 4.69) is 36.3 Å². The fourth-order valence-corrected chi connectivity index (χ4v) is 2.40. The maximum atomic E-state index is 11.1. The average Bonchev–Trinajstić information content (AvgIpc) is 3.00. The predicted octanol–water partition coefficient (Wildman–Crippen LogP) is 3.56. The van der Waals surface area contributed by atoms with E-state index in [4.69, 9.17) is 5.11 Å². The molecule has 0 spiro atoms. The Kier molecular flexibility index (Phi) is 3.70. The van der Waals surface area contributed by atoms with Crippen LogP contribution in [0.15, 0.2) is 42.6 Å². The van der Waals surface area contributed by atoms with E-state index in [1.807, 2.05) is 19.2 Å².